The number of benzene rings is 1. The van der Waals surface area contributed by atoms with Gasteiger partial charge in [0.1, 0.15) is 5.69 Å². The summed E-state index contributed by atoms with van der Waals surface area (Å²) in [7, 11) is 0. The molecule has 2 aromatic heterocycles. The molecule has 3 heterocycles. The van der Waals surface area contributed by atoms with Crippen LogP contribution in [0.4, 0.5) is 0 Å². The number of likely N-dealkylation sites (tertiary alicyclic amines) is 1. The number of pyridine rings is 1. The fourth-order valence-electron chi connectivity index (χ4n) is 4.10. The van der Waals surface area contributed by atoms with Gasteiger partial charge in [-0.05, 0) is 50.8 Å². The number of rotatable bonds is 6. The highest BCUT2D eigenvalue weighted by Crippen LogP contribution is 2.27. The molecule has 0 N–H and O–H groups in total. The van der Waals surface area contributed by atoms with E-state index in [4.69, 9.17) is 0 Å². The smallest absolute Gasteiger partial charge is 0.233 e. The Morgan fingerprint density at radius 2 is 1.77 bits per heavy atom. The van der Waals surface area contributed by atoms with E-state index in [1.54, 1.807) is 6.20 Å². The average Bonchev–Trinajstić information content (AvgIpc) is 3.16. The number of piperidine rings is 1. The first-order valence-corrected chi connectivity index (χ1v) is 11.4. The normalized spacial score (nSPS) is 19.1. The van der Waals surface area contributed by atoms with Crippen LogP contribution in [-0.2, 0) is 11.3 Å². The first kappa shape index (κ1) is 20.6. The quantitative estimate of drug-likeness (QED) is 0.556. The molecule has 3 aromatic rings. The van der Waals surface area contributed by atoms with Gasteiger partial charge in [0.25, 0.3) is 0 Å². The Morgan fingerprint density at radius 3 is 2.47 bits per heavy atom. The number of carbonyl (C=O) groups is 1. The van der Waals surface area contributed by atoms with Gasteiger partial charge in [0, 0.05) is 18.3 Å². The zero-order valence-electron chi connectivity index (χ0n) is 17.4. The third kappa shape index (κ3) is 4.56. The summed E-state index contributed by atoms with van der Waals surface area (Å²) in [4.78, 5) is 19.5. The van der Waals surface area contributed by atoms with Gasteiger partial charge in [-0.25, -0.2) is 0 Å². The van der Waals surface area contributed by atoms with Crippen LogP contribution in [0.3, 0.4) is 0 Å². The molecule has 2 atom stereocenters. The molecule has 0 saturated carbocycles. The average molecular weight is 422 g/mol. The molecule has 0 spiro atoms. The van der Waals surface area contributed by atoms with Crippen molar-refractivity contribution in [3.05, 3.63) is 60.3 Å². The number of hydrogen-bond donors (Lipinski definition) is 0. The number of thioether (sulfide) groups is 1. The van der Waals surface area contributed by atoms with Crippen LogP contribution < -0.4 is 0 Å². The molecule has 1 fully saturated rings. The predicted molar refractivity (Wildman–Crippen MR) is 119 cm³/mol. The summed E-state index contributed by atoms with van der Waals surface area (Å²) in [6.07, 6.45) is 5.11. The van der Waals surface area contributed by atoms with Crippen molar-refractivity contribution in [2.75, 3.05) is 5.75 Å². The van der Waals surface area contributed by atoms with E-state index in [0.717, 1.165) is 29.3 Å². The van der Waals surface area contributed by atoms with Crippen LogP contribution in [0.2, 0.25) is 0 Å². The number of aromatic nitrogens is 4. The minimum atomic E-state index is 0.174. The molecule has 0 radical (unpaired) electrons. The van der Waals surface area contributed by atoms with E-state index in [-0.39, 0.29) is 5.91 Å². The second-order valence-corrected chi connectivity index (χ2v) is 8.75. The molecule has 1 aliphatic rings. The topological polar surface area (TPSA) is 63.9 Å². The fourth-order valence-corrected chi connectivity index (χ4v) is 4.91. The first-order valence-electron chi connectivity index (χ1n) is 10.5. The molecule has 1 amide bonds. The Labute approximate surface area is 181 Å². The molecule has 1 saturated heterocycles. The second-order valence-electron chi connectivity index (χ2n) is 7.81. The van der Waals surface area contributed by atoms with E-state index in [1.165, 1.54) is 18.2 Å². The highest BCUT2D eigenvalue weighted by Gasteiger charge is 2.29. The second kappa shape index (κ2) is 9.43. The van der Waals surface area contributed by atoms with E-state index < -0.39 is 0 Å². The van der Waals surface area contributed by atoms with Gasteiger partial charge in [0.05, 0.1) is 12.3 Å². The lowest BCUT2D eigenvalue weighted by molar-refractivity contribution is -0.134. The minimum Gasteiger partial charge on any atom is -0.337 e. The van der Waals surface area contributed by atoms with Crippen LogP contribution >= 0.6 is 11.8 Å². The zero-order chi connectivity index (χ0) is 20.9. The summed E-state index contributed by atoms with van der Waals surface area (Å²) in [5, 5.41) is 9.56. The van der Waals surface area contributed by atoms with Crippen molar-refractivity contribution in [1.82, 2.24) is 24.6 Å². The van der Waals surface area contributed by atoms with E-state index in [0.29, 0.717) is 30.2 Å². The molecule has 4 rings (SSSR count). The molecule has 0 aliphatic carbocycles. The van der Waals surface area contributed by atoms with Gasteiger partial charge in [-0.1, -0.05) is 48.2 Å². The largest absolute Gasteiger partial charge is 0.337 e. The van der Waals surface area contributed by atoms with Crippen molar-refractivity contribution in [1.29, 1.82) is 0 Å². The maximum absolute atomic E-state index is 13.0. The monoisotopic (exact) mass is 421 g/mol. The van der Waals surface area contributed by atoms with Gasteiger partial charge in [-0.15, -0.1) is 10.2 Å². The number of nitrogens with zero attached hydrogens (tertiary/aromatic N) is 5. The van der Waals surface area contributed by atoms with Crippen molar-refractivity contribution in [2.24, 2.45) is 0 Å². The highest BCUT2D eigenvalue weighted by atomic mass is 32.2. The minimum absolute atomic E-state index is 0.174. The Hall–Kier alpha value is -2.67. The predicted octanol–water partition coefficient (Wildman–Crippen LogP) is 4.27. The molecular formula is C23H27N5OS. The summed E-state index contributed by atoms with van der Waals surface area (Å²) < 4.78 is 2.05. The molecule has 1 aliphatic heterocycles. The van der Waals surface area contributed by atoms with Gasteiger partial charge in [-0.2, -0.15) is 0 Å². The summed E-state index contributed by atoms with van der Waals surface area (Å²) in [5.74, 6) is 1.26. The van der Waals surface area contributed by atoms with Gasteiger partial charge in [0.2, 0.25) is 5.91 Å². The van der Waals surface area contributed by atoms with Crippen molar-refractivity contribution < 1.29 is 4.79 Å². The van der Waals surface area contributed by atoms with Crippen LogP contribution in [0.25, 0.3) is 11.5 Å². The van der Waals surface area contributed by atoms with Crippen LogP contribution in [0.1, 0.15) is 38.7 Å². The van der Waals surface area contributed by atoms with Crippen molar-refractivity contribution in [3.8, 4) is 11.5 Å². The van der Waals surface area contributed by atoms with Crippen molar-refractivity contribution >= 4 is 17.7 Å². The molecule has 156 valence electrons. The Kier molecular flexibility index (Phi) is 6.47. The Bertz CT molecular complexity index is 966. The molecule has 0 unspecified atom stereocenters. The maximum atomic E-state index is 13.0. The van der Waals surface area contributed by atoms with Gasteiger partial charge < -0.3 is 4.90 Å². The number of amides is 1. The van der Waals surface area contributed by atoms with Gasteiger partial charge in [-0.3, -0.25) is 14.3 Å². The SMILES string of the molecule is C[C@@H]1CCC[C@H](C)N1C(=O)CSc1nnc(-c2ccccn2)n1Cc1ccccc1. The van der Waals surface area contributed by atoms with Gasteiger partial charge in [0.15, 0.2) is 11.0 Å². The van der Waals surface area contributed by atoms with Crippen LogP contribution in [0.5, 0.6) is 0 Å². The van der Waals surface area contributed by atoms with Gasteiger partial charge >= 0.3 is 0 Å². The van der Waals surface area contributed by atoms with E-state index in [1.807, 2.05) is 41.3 Å². The van der Waals surface area contributed by atoms with Crippen molar-refractivity contribution in [3.63, 3.8) is 0 Å². The number of carbonyl (C=O) groups excluding carboxylic acids is 1. The van der Waals surface area contributed by atoms with Crippen LogP contribution in [0.15, 0.2) is 59.9 Å². The summed E-state index contributed by atoms with van der Waals surface area (Å²) >= 11 is 1.46. The van der Waals surface area contributed by atoms with E-state index >= 15 is 0 Å². The first-order chi connectivity index (χ1) is 14.6. The van der Waals surface area contributed by atoms with Crippen LogP contribution in [0, 0.1) is 0 Å². The molecule has 1 aromatic carbocycles. The Morgan fingerprint density at radius 1 is 1.03 bits per heavy atom. The summed E-state index contributed by atoms with van der Waals surface area (Å²) in [6, 6.07) is 16.6. The third-order valence-electron chi connectivity index (χ3n) is 5.60. The molecule has 7 heteroatoms. The standard InChI is InChI=1S/C23H27N5OS/c1-17-9-8-10-18(2)28(17)21(29)16-30-23-26-25-22(20-13-6-7-14-24-20)27(23)15-19-11-4-3-5-12-19/h3-7,11-14,17-18H,8-10,15-16H2,1-2H3/t17-,18+. The molecule has 30 heavy (non-hydrogen) atoms. The number of hydrogen-bond acceptors (Lipinski definition) is 5. The summed E-state index contributed by atoms with van der Waals surface area (Å²) in [6.45, 7) is 4.93. The lowest BCUT2D eigenvalue weighted by atomic mass is 9.98. The third-order valence-corrected chi connectivity index (χ3v) is 6.55. The molecule has 0 bridgehead atoms. The molecule has 6 nitrogen and oxygen atoms in total. The fraction of sp³-hybridized carbons (Fsp3) is 0.391. The highest BCUT2D eigenvalue weighted by molar-refractivity contribution is 7.99. The van der Waals surface area contributed by atoms with E-state index in [9.17, 15) is 4.79 Å². The zero-order valence-corrected chi connectivity index (χ0v) is 18.3. The maximum Gasteiger partial charge on any atom is 0.233 e. The lowest BCUT2D eigenvalue weighted by Crippen LogP contribution is -2.48. The Balaban J connectivity index is 1.56. The molecular weight excluding hydrogens is 394 g/mol. The summed E-state index contributed by atoms with van der Waals surface area (Å²) in [5.41, 5.74) is 1.93. The van der Waals surface area contributed by atoms with Crippen molar-refractivity contribution in [2.45, 2.75) is 56.9 Å². The lowest BCUT2D eigenvalue weighted by Gasteiger charge is -2.39. The van der Waals surface area contributed by atoms with E-state index in [2.05, 4.69) is 45.7 Å². The van der Waals surface area contributed by atoms with Crippen LogP contribution in [-0.4, -0.2) is 48.4 Å².